The molecule has 2 aromatic rings. The molecule has 4 aliphatic rings. The molecule has 6 rings (SSSR count). The average molecular weight is 693 g/mol. The first-order chi connectivity index (χ1) is 23.0. The number of anilines is 2. The van der Waals surface area contributed by atoms with Gasteiger partial charge in [-0.25, -0.2) is 4.79 Å². The Morgan fingerprint density at radius 1 is 0.776 bits per heavy atom. The zero-order valence-electron chi connectivity index (χ0n) is 28.5. The Labute approximate surface area is 285 Å². The number of esters is 1. The van der Waals surface area contributed by atoms with Crippen molar-refractivity contribution < 1.29 is 41.0 Å². The molecule has 4 fully saturated rings. The molecule has 0 heterocycles. The number of carbonyl (C=O) groups excluding carboxylic acids is 1. The van der Waals surface area contributed by atoms with Gasteiger partial charge in [0.2, 0.25) is 0 Å². The van der Waals surface area contributed by atoms with Crippen molar-refractivity contribution in [3.63, 3.8) is 0 Å². The van der Waals surface area contributed by atoms with Crippen LogP contribution in [0, 0.1) is 46.3 Å². The van der Waals surface area contributed by atoms with Crippen LogP contribution >= 0.6 is 0 Å². The highest BCUT2D eigenvalue weighted by atomic mass is 19.4. The van der Waals surface area contributed by atoms with E-state index in [1.165, 1.54) is 87.1 Å². The van der Waals surface area contributed by atoms with Gasteiger partial charge in [-0.05, 0) is 146 Å². The van der Waals surface area contributed by atoms with Crippen LogP contribution in [0.3, 0.4) is 0 Å². The van der Waals surface area contributed by atoms with Gasteiger partial charge in [0.1, 0.15) is 11.5 Å². The number of halogens is 5. The second-order valence-corrected chi connectivity index (χ2v) is 15.8. The van der Waals surface area contributed by atoms with E-state index >= 15 is 0 Å². The van der Waals surface area contributed by atoms with Crippen molar-refractivity contribution in [3.05, 3.63) is 48.5 Å². The molecule has 0 aromatic heterocycles. The Balaban J connectivity index is 1.34. The van der Waals surface area contributed by atoms with Gasteiger partial charge in [-0.3, -0.25) is 0 Å². The number of ether oxygens (including phenoxy) is 3. The van der Waals surface area contributed by atoms with E-state index in [0.29, 0.717) is 34.5 Å². The Morgan fingerprint density at radius 2 is 1.35 bits per heavy atom. The first-order valence-corrected chi connectivity index (χ1v) is 17.7. The second-order valence-electron chi connectivity index (χ2n) is 15.8. The molecule has 0 bridgehead atoms. The minimum Gasteiger partial charge on any atom is -0.443 e. The van der Waals surface area contributed by atoms with Gasteiger partial charge in [-0.1, -0.05) is 33.6 Å². The van der Waals surface area contributed by atoms with Crippen molar-refractivity contribution in [1.29, 1.82) is 0 Å². The molecule has 49 heavy (non-hydrogen) atoms. The van der Waals surface area contributed by atoms with Gasteiger partial charge in [0.15, 0.2) is 0 Å². The number of fused-ring (bicyclic) bond motifs is 5. The largest absolute Gasteiger partial charge is 0.501 e. The zero-order chi connectivity index (χ0) is 35.4. The number of hydrogen-bond donors (Lipinski definition) is 2. The molecule has 270 valence electrons. The third kappa shape index (κ3) is 6.55. The fraction of sp³-hybridized carbons (Fsp3) is 0.658. The number of nitrogens with two attached hydrogens (primary N) is 2. The summed E-state index contributed by atoms with van der Waals surface area (Å²) in [5.41, 5.74) is 12.6. The number of alkyl halides is 5. The van der Waals surface area contributed by atoms with Crippen LogP contribution in [0.15, 0.2) is 48.5 Å². The molecular formula is C38H49F5N2O4. The van der Waals surface area contributed by atoms with Gasteiger partial charge >= 0.3 is 24.0 Å². The lowest BCUT2D eigenvalue weighted by molar-refractivity contribution is -0.382. The van der Waals surface area contributed by atoms with Crippen LogP contribution < -0.4 is 20.9 Å². The molecule has 8 atom stereocenters. The number of benzene rings is 2. The van der Waals surface area contributed by atoms with Gasteiger partial charge in [0.05, 0.1) is 0 Å². The SMILES string of the molecule is C[C@H](CC(Oc1ccc(N)cc1)(Oc1ccc(N)cc1)C(=O)OC(F)(F)C(F)(F)F)[C@H]1CC[C@H]2[C@@H]3CCC4CCCC[C@]4(C)[C@H]3CC[C@]12C. The van der Waals surface area contributed by atoms with E-state index in [0.717, 1.165) is 31.6 Å². The summed E-state index contributed by atoms with van der Waals surface area (Å²) >= 11 is 0. The van der Waals surface area contributed by atoms with E-state index in [2.05, 4.69) is 18.6 Å². The van der Waals surface area contributed by atoms with Crippen LogP contribution in [0.1, 0.15) is 91.4 Å². The normalized spacial score (nSPS) is 32.3. The molecule has 4 aliphatic carbocycles. The minimum atomic E-state index is -6.15. The topological polar surface area (TPSA) is 96.8 Å². The third-order valence-electron chi connectivity index (χ3n) is 13.1. The first-order valence-electron chi connectivity index (χ1n) is 17.7. The highest BCUT2D eigenvalue weighted by molar-refractivity contribution is 5.79. The van der Waals surface area contributed by atoms with Crippen molar-refractivity contribution >= 4 is 17.3 Å². The maximum atomic E-state index is 14.4. The number of carbonyl (C=O) groups is 1. The van der Waals surface area contributed by atoms with Crippen LogP contribution in [0.25, 0.3) is 0 Å². The number of rotatable bonds is 9. The molecule has 2 aromatic carbocycles. The first kappa shape index (κ1) is 35.6. The summed E-state index contributed by atoms with van der Waals surface area (Å²) in [7, 11) is 0. The van der Waals surface area contributed by atoms with Gasteiger partial charge in [-0.15, -0.1) is 0 Å². The molecular weight excluding hydrogens is 643 g/mol. The lowest BCUT2D eigenvalue weighted by Gasteiger charge is -2.61. The van der Waals surface area contributed by atoms with Crippen LogP contribution in [0.2, 0.25) is 0 Å². The maximum Gasteiger partial charge on any atom is 0.501 e. The molecule has 0 saturated heterocycles. The van der Waals surface area contributed by atoms with E-state index < -0.39 is 24.0 Å². The highest BCUT2D eigenvalue weighted by Crippen LogP contribution is 2.68. The number of nitrogen functional groups attached to an aromatic ring is 2. The van der Waals surface area contributed by atoms with Crippen molar-refractivity contribution in [2.45, 2.75) is 109 Å². The lowest BCUT2D eigenvalue weighted by atomic mass is 9.44. The lowest BCUT2D eigenvalue weighted by Crippen LogP contribution is -2.57. The summed E-state index contributed by atoms with van der Waals surface area (Å²) in [5.74, 6) is -2.58. The van der Waals surface area contributed by atoms with E-state index in [4.69, 9.17) is 20.9 Å². The summed E-state index contributed by atoms with van der Waals surface area (Å²) < 4.78 is 85.2. The smallest absolute Gasteiger partial charge is 0.443 e. The summed E-state index contributed by atoms with van der Waals surface area (Å²) in [4.78, 5) is 13.8. The van der Waals surface area contributed by atoms with Gasteiger partial charge < -0.3 is 25.7 Å². The molecule has 1 unspecified atom stereocenters. The zero-order valence-corrected chi connectivity index (χ0v) is 28.5. The summed E-state index contributed by atoms with van der Waals surface area (Å²) in [6, 6.07) is 11.4. The summed E-state index contributed by atoms with van der Waals surface area (Å²) in [6.45, 7) is 6.74. The predicted octanol–water partition coefficient (Wildman–Crippen LogP) is 9.78. The minimum absolute atomic E-state index is 0.0161. The standard InChI is InChI=1S/C38H49F5N2O4/c1-23(30-17-18-31-29-16-7-24-6-4-5-20-34(24,2)32(29)19-21-35(30,31)3)22-36(47-27-12-8-25(44)9-13-27,48-28-14-10-26(45)11-15-28)33(46)49-38(42,43)37(39,40)41/h8-15,23-24,29-32H,4-7,16-22,44-45H2,1-3H3/t23-,24?,29+,30-,31+,32+,34+,35-/m1/s1. The predicted molar refractivity (Wildman–Crippen MR) is 176 cm³/mol. The molecule has 0 radical (unpaired) electrons. The summed E-state index contributed by atoms with van der Waals surface area (Å²) in [6.07, 6.45) is -0.669. The van der Waals surface area contributed by atoms with E-state index in [1.54, 1.807) is 0 Å². The summed E-state index contributed by atoms with van der Waals surface area (Å²) in [5, 5.41) is 0. The van der Waals surface area contributed by atoms with E-state index in [9.17, 15) is 26.7 Å². The van der Waals surface area contributed by atoms with Crippen molar-refractivity contribution in [2.75, 3.05) is 11.5 Å². The molecule has 4 N–H and O–H groups in total. The molecule has 0 spiro atoms. The molecule has 0 amide bonds. The molecule has 4 saturated carbocycles. The second kappa shape index (κ2) is 12.8. The van der Waals surface area contributed by atoms with Crippen molar-refractivity contribution in [1.82, 2.24) is 0 Å². The molecule has 0 aliphatic heterocycles. The van der Waals surface area contributed by atoms with Crippen molar-refractivity contribution in [2.24, 2.45) is 46.3 Å². The monoisotopic (exact) mass is 692 g/mol. The average Bonchev–Trinajstić information content (AvgIpc) is 3.39. The fourth-order valence-corrected chi connectivity index (χ4v) is 10.8. The quantitative estimate of drug-likeness (QED) is 0.118. The Morgan fingerprint density at radius 3 is 1.92 bits per heavy atom. The Bertz CT molecular complexity index is 1440. The number of hydrogen-bond acceptors (Lipinski definition) is 6. The van der Waals surface area contributed by atoms with Crippen LogP contribution in [0.4, 0.5) is 33.3 Å². The highest BCUT2D eigenvalue weighted by Gasteiger charge is 2.66. The van der Waals surface area contributed by atoms with E-state index in [-0.39, 0.29) is 35.2 Å². The van der Waals surface area contributed by atoms with Crippen LogP contribution in [0.5, 0.6) is 11.5 Å². The van der Waals surface area contributed by atoms with Gasteiger partial charge in [0.25, 0.3) is 0 Å². The van der Waals surface area contributed by atoms with Crippen LogP contribution in [-0.4, -0.2) is 24.0 Å². The Kier molecular flexibility index (Phi) is 9.31. The molecule has 6 nitrogen and oxygen atoms in total. The van der Waals surface area contributed by atoms with Gasteiger partial charge in [0, 0.05) is 17.8 Å². The maximum absolute atomic E-state index is 14.4. The fourth-order valence-electron chi connectivity index (χ4n) is 10.8. The molecule has 11 heteroatoms. The van der Waals surface area contributed by atoms with Crippen LogP contribution in [-0.2, 0) is 9.53 Å². The third-order valence-corrected chi connectivity index (χ3v) is 13.1. The Hall–Kier alpha value is -3.24. The van der Waals surface area contributed by atoms with Gasteiger partial charge in [-0.2, -0.15) is 22.0 Å². The van der Waals surface area contributed by atoms with E-state index in [1.807, 2.05) is 6.92 Å². The van der Waals surface area contributed by atoms with Crippen molar-refractivity contribution in [3.8, 4) is 11.5 Å².